The lowest BCUT2D eigenvalue weighted by atomic mass is 9.85. The van der Waals surface area contributed by atoms with Crippen molar-refractivity contribution in [1.29, 1.82) is 0 Å². The normalized spacial score (nSPS) is 21.0. The number of esters is 1. The number of aliphatic hydroxyl groups is 1. The predicted molar refractivity (Wildman–Crippen MR) is 104 cm³/mol. The molecule has 0 unspecified atom stereocenters. The molecule has 0 aliphatic carbocycles. The number of alkyl carbamates (subject to hydrolysis) is 1. The molecule has 3 atom stereocenters. The maximum Gasteiger partial charge on any atom is 0.407 e. The molecule has 1 aliphatic rings. The van der Waals surface area contributed by atoms with Crippen molar-refractivity contribution in [2.24, 2.45) is 10.8 Å². The number of hydrogen-bond donors (Lipinski definition) is 2. The van der Waals surface area contributed by atoms with Gasteiger partial charge in [-0.2, -0.15) is 0 Å². The van der Waals surface area contributed by atoms with Crippen LogP contribution in [0.25, 0.3) is 0 Å². The second-order valence-electron chi connectivity index (χ2n) is 9.10. The van der Waals surface area contributed by atoms with Gasteiger partial charge in [0.2, 0.25) is 5.91 Å². The van der Waals surface area contributed by atoms with E-state index in [2.05, 4.69) is 11.9 Å². The maximum atomic E-state index is 13.1. The number of aliphatic hydroxyl groups excluding tert-OH is 1. The van der Waals surface area contributed by atoms with E-state index in [9.17, 15) is 19.5 Å². The molecule has 0 aromatic rings. The summed E-state index contributed by atoms with van der Waals surface area (Å²) in [5, 5.41) is 12.6. The van der Waals surface area contributed by atoms with Gasteiger partial charge in [0.05, 0.1) is 19.8 Å². The molecule has 2 N–H and O–H groups in total. The van der Waals surface area contributed by atoms with Crippen LogP contribution in [-0.2, 0) is 19.1 Å². The van der Waals surface area contributed by atoms with Crippen molar-refractivity contribution in [3.05, 3.63) is 12.7 Å². The quantitative estimate of drug-likeness (QED) is 0.501. The standard InChI is InChI=1S/C20H34N2O6/c1-8-9-20(5,6)12-28-18(26)21-15(19(2,3)4)16(24)22-11-13(23)10-14(22)17(25)27-7/h8,13-15,23H,1,9-12H2,2-7H3,(H,21,26)/t13-,14+,15-/m1/s1. The number of nitrogens with zero attached hydrogens (tertiary/aromatic N) is 1. The largest absolute Gasteiger partial charge is 0.467 e. The van der Waals surface area contributed by atoms with E-state index in [4.69, 9.17) is 9.47 Å². The van der Waals surface area contributed by atoms with Crippen LogP contribution >= 0.6 is 0 Å². The summed E-state index contributed by atoms with van der Waals surface area (Å²) in [5.74, 6) is -1.05. The number of carbonyl (C=O) groups excluding carboxylic acids is 3. The summed E-state index contributed by atoms with van der Waals surface area (Å²) in [6.45, 7) is 13.2. The Morgan fingerprint density at radius 2 is 1.89 bits per heavy atom. The third-order valence-electron chi connectivity index (χ3n) is 4.70. The van der Waals surface area contributed by atoms with Crippen LogP contribution in [-0.4, -0.2) is 66.4 Å². The lowest BCUT2D eigenvalue weighted by Gasteiger charge is -2.35. The monoisotopic (exact) mass is 398 g/mol. The molecular formula is C20H34N2O6. The lowest BCUT2D eigenvalue weighted by molar-refractivity contribution is -0.152. The van der Waals surface area contributed by atoms with Gasteiger partial charge in [-0.05, 0) is 11.8 Å². The molecule has 160 valence electrons. The first kappa shape index (κ1) is 23.9. The van der Waals surface area contributed by atoms with Gasteiger partial charge < -0.3 is 24.8 Å². The van der Waals surface area contributed by atoms with E-state index in [-0.39, 0.29) is 25.0 Å². The Morgan fingerprint density at radius 3 is 2.39 bits per heavy atom. The van der Waals surface area contributed by atoms with Crippen LogP contribution in [0.2, 0.25) is 0 Å². The number of rotatable bonds is 7. The summed E-state index contributed by atoms with van der Waals surface area (Å²) < 4.78 is 10.0. The number of β-amino-alcohol motifs (C(OH)–C–C–N with tert-alkyl or cyclic N) is 1. The molecule has 8 heteroatoms. The fourth-order valence-corrected chi connectivity index (χ4v) is 3.10. The van der Waals surface area contributed by atoms with Gasteiger partial charge in [-0.15, -0.1) is 6.58 Å². The number of likely N-dealkylation sites (tertiary alicyclic amines) is 1. The summed E-state index contributed by atoms with van der Waals surface area (Å²) in [6.07, 6.45) is 1.01. The van der Waals surface area contributed by atoms with Crippen LogP contribution in [0.3, 0.4) is 0 Å². The van der Waals surface area contributed by atoms with E-state index in [1.807, 2.05) is 13.8 Å². The molecule has 0 aromatic heterocycles. The molecule has 0 spiro atoms. The van der Waals surface area contributed by atoms with Gasteiger partial charge in [-0.3, -0.25) is 4.79 Å². The second-order valence-corrected chi connectivity index (χ2v) is 9.10. The Labute approximate surface area is 167 Å². The van der Waals surface area contributed by atoms with Gasteiger partial charge in [-0.25, -0.2) is 9.59 Å². The van der Waals surface area contributed by atoms with Crippen molar-refractivity contribution in [3.8, 4) is 0 Å². The van der Waals surface area contributed by atoms with Crippen molar-refractivity contribution in [3.63, 3.8) is 0 Å². The predicted octanol–water partition coefficient (Wildman–Crippen LogP) is 1.86. The number of allylic oxidation sites excluding steroid dienone is 1. The van der Waals surface area contributed by atoms with Crippen LogP contribution in [0, 0.1) is 10.8 Å². The first-order chi connectivity index (χ1) is 12.8. The minimum atomic E-state index is -0.931. The Bertz CT molecular complexity index is 596. The number of amides is 2. The summed E-state index contributed by atoms with van der Waals surface area (Å²) in [6, 6.07) is -1.80. The van der Waals surface area contributed by atoms with E-state index in [1.165, 1.54) is 12.0 Å². The average molecular weight is 399 g/mol. The minimum absolute atomic E-state index is 0.00821. The number of methoxy groups -OCH3 is 1. The Morgan fingerprint density at radius 1 is 1.29 bits per heavy atom. The molecular weight excluding hydrogens is 364 g/mol. The summed E-state index contributed by atoms with van der Waals surface area (Å²) in [5.41, 5.74) is -0.906. The topological polar surface area (TPSA) is 105 Å². The van der Waals surface area contributed by atoms with Crippen LogP contribution in [0.15, 0.2) is 12.7 Å². The summed E-state index contributed by atoms with van der Waals surface area (Å²) in [4.78, 5) is 38.7. The van der Waals surface area contributed by atoms with Gasteiger partial charge in [0.1, 0.15) is 12.1 Å². The molecule has 0 saturated carbocycles. The first-order valence-electron chi connectivity index (χ1n) is 9.43. The molecule has 1 heterocycles. The third-order valence-corrected chi connectivity index (χ3v) is 4.70. The Balaban J connectivity index is 2.90. The van der Waals surface area contributed by atoms with Crippen LogP contribution in [0.4, 0.5) is 4.79 Å². The molecule has 0 aromatic carbocycles. The first-order valence-corrected chi connectivity index (χ1v) is 9.43. The minimum Gasteiger partial charge on any atom is -0.467 e. The van der Waals surface area contributed by atoms with E-state index < -0.39 is 41.6 Å². The average Bonchev–Trinajstić information content (AvgIpc) is 2.97. The zero-order valence-electron chi connectivity index (χ0n) is 17.8. The lowest BCUT2D eigenvalue weighted by Crippen LogP contribution is -2.57. The fraction of sp³-hybridized carbons (Fsp3) is 0.750. The Hall–Kier alpha value is -2.09. The van der Waals surface area contributed by atoms with Gasteiger partial charge in [-0.1, -0.05) is 40.7 Å². The number of carbonyl (C=O) groups is 3. The zero-order valence-corrected chi connectivity index (χ0v) is 17.8. The molecule has 1 rings (SSSR count). The summed E-state index contributed by atoms with van der Waals surface area (Å²) in [7, 11) is 1.23. The highest BCUT2D eigenvalue weighted by Gasteiger charge is 2.45. The molecule has 28 heavy (non-hydrogen) atoms. The Kier molecular flexibility index (Phi) is 8.05. The van der Waals surface area contributed by atoms with Crippen molar-refractivity contribution < 1.29 is 29.0 Å². The van der Waals surface area contributed by atoms with Gasteiger partial charge in [0.25, 0.3) is 0 Å². The smallest absolute Gasteiger partial charge is 0.407 e. The second kappa shape index (κ2) is 9.41. The molecule has 8 nitrogen and oxygen atoms in total. The molecule has 1 fully saturated rings. The van der Waals surface area contributed by atoms with Crippen LogP contribution in [0.1, 0.15) is 47.5 Å². The third kappa shape index (κ3) is 6.51. The molecule has 1 aliphatic heterocycles. The van der Waals surface area contributed by atoms with Crippen LogP contribution < -0.4 is 5.32 Å². The number of nitrogens with one attached hydrogen (secondary N) is 1. The molecule has 0 radical (unpaired) electrons. The van der Waals surface area contributed by atoms with E-state index in [0.717, 1.165) is 0 Å². The fourth-order valence-electron chi connectivity index (χ4n) is 3.10. The molecule has 1 saturated heterocycles. The van der Waals surface area contributed by atoms with Crippen molar-refractivity contribution in [2.45, 2.75) is 65.6 Å². The zero-order chi connectivity index (χ0) is 21.7. The van der Waals surface area contributed by atoms with Crippen LogP contribution in [0.5, 0.6) is 0 Å². The number of ether oxygens (including phenoxy) is 2. The highest BCUT2D eigenvalue weighted by atomic mass is 16.5. The van der Waals surface area contributed by atoms with E-state index in [1.54, 1.807) is 26.8 Å². The number of hydrogen-bond acceptors (Lipinski definition) is 6. The van der Waals surface area contributed by atoms with Crippen molar-refractivity contribution >= 4 is 18.0 Å². The van der Waals surface area contributed by atoms with E-state index in [0.29, 0.717) is 6.42 Å². The highest BCUT2D eigenvalue weighted by molar-refractivity contribution is 5.90. The van der Waals surface area contributed by atoms with Gasteiger partial charge >= 0.3 is 12.1 Å². The van der Waals surface area contributed by atoms with Gasteiger partial charge in [0, 0.05) is 18.4 Å². The molecule has 0 bridgehead atoms. The van der Waals surface area contributed by atoms with Crippen molar-refractivity contribution in [2.75, 3.05) is 20.3 Å². The van der Waals surface area contributed by atoms with E-state index >= 15 is 0 Å². The van der Waals surface area contributed by atoms with Crippen molar-refractivity contribution in [1.82, 2.24) is 10.2 Å². The SMILES string of the molecule is C=CCC(C)(C)COC(=O)N[C@H](C(=O)N1C[C@H](O)C[C@H]1C(=O)OC)C(C)(C)C. The highest BCUT2D eigenvalue weighted by Crippen LogP contribution is 2.27. The van der Waals surface area contributed by atoms with Gasteiger partial charge in [0.15, 0.2) is 0 Å². The maximum absolute atomic E-state index is 13.1. The summed E-state index contributed by atoms with van der Waals surface area (Å²) >= 11 is 0. The molecule has 2 amide bonds.